The number of sulfonamides is 1. The number of hydrogen-bond acceptors (Lipinski definition) is 3. The fourth-order valence-electron chi connectivity index (χ4n) is 1.79. The topological polar surface area (TPSA) is 58.5 Å². The highest BCUT2D eigenvalue weighted by molar-refractivity contribution is 7.89. The molecule has 0 radical (unpaired) electrons. The largest absolute Gasteiger partial charge is 0.276 e. The molecule has 0 unspecified atom stereocenters. The lowest BCUT2D eigenvalue weighted by atomic mass is 10.0. The zero-order valence-corrected chi connectivity index (χ0v) is 12.8. The van der Waals surface area contributed by atoms with E-state index in [1.54, 1.807) is 18.2 Å². The first-order valence-corrected chi connectivity index (χ1v) is 8.17. The first-order valence-electron chi connectivity index (χ1n) is 6.69. The summed E-state index contributed by atoms with van der Waals surface area (Å²) in [6, 6.07) is 16.0. The quantitative estimate of drug-likeness (QED) is 0.681. The number of nitrogens with one attached hydrogen (secondary N) is 1. The molecule has 2 aromatic rings. The van der Waals surface area contributed by atoms with E-state index in [0.717, 1.165) is 5.56 Å². The van der Waals surface area contributed by atoms with Crippen molar-refractivity contribution in [2.75, 3.05) is 0 Å². The van der Waals surface area contributed by atoms with Crippen molar-refractivity contribution in [2.45, 2.75) is 24.7 Å². The molecule has 1 N–H and O–H groups in total. The van der Waals surface area contributed by atoms with Gasteiger partial charge in [0.1, 0.15) is 0 Å². The molecule has 0 amide bonds. The molecule has 21 heavy (non-hydrogen) atoms. The maximum atomic E-state index is 11.9. The Morgan fingerprint density at radius 3 is 2.19 bits per heavy atom. The van der Waals surface area contributed by atoms with E-state index < -0.39 is 10.0 Å². The van der Waals surface area contributed by atoms with Gasteiger partial charge in [-0.15, -0.1) is 0 Å². The van der Waals surface area contributed by atoms with Gasteiger partial charge in [0.05, 0.1) is 11.1 Å². The van der Waals surface area contributed by atoms with Crippen LogP contribution in [-0.4, -0.2) is 14.6 Å². The van der Waals surface area contributed by atoms with E-state index in [-0.39, 0.29) is 4.90 Å². The second-order valence-corrected chi connectivity index (χ2v) is 6.65. The van der Waals surface area contributed by atoms with Crippen molar-refractivity contribution in [3.05, 3.63) is 65.7 Å². The van der Waals surface area contributed by atoms with Crippen molar-refractivity contribution < 1.29 is 8.42 Å². The van der Waals surface area contributed by atoms with E-state index in [4.69, 9.17) is 0 Å². The van der Waals surface area contributed by atoms with Gasteiger partial charge in [-0.25, -0.2) is 4.83 Å². The highest BCUT2D eigenvalue weighted by Crippen LogP contribution is 2.14. The van der Waals surface area contributed by atoms with Crippen molar-refractivity contribution in [3.63, 3.8) is 0 Å². The van der Waals surface area contributed by atoms with Crippen LogP contribution < -0.4 is 4.83 Å². The standard InChI is InChI=1S/C16H18N2O2S/c1-13(2)15-10-8-14(9-11-15)12-17-18-21(19,20)16-6-4-3-5-7-16/h3-13,18H,1-2H3/b17-12-. The monoisotopic (exact) mass is 302 g/mol. The van der Waals surface area contributed by atoms with Crippen LogP contribution in [0, 0.1) is 0 Å². The molecule has 2 rings (SSSR count). The van der Waals surface area contributed by atoms with Crippen LogP contribution in [0.5, 0.6) is 0 Å². The summed E-state index contributed by atoms with van der Waals surface area (Å²) in [4.78, 5) is 2.39. The van der Waals surface area contributed by atoms with Crippen molar-refractivity contribution in [1.29, 1.82) is 0 Å². The van der Waals surface area contributed by atoms with Crippen LogP contribution in [0.2, 0.25) is 0 Å². The first-order chi connectivity index (χ1) is 9.99. The number of nitrogens with zero attached hydrogens (tertiary/aromatic N) is 1. The second-order valence-electron chi connectivity index (χ2n) is 4.99. The van der Waals surface area contributed by atoms with Gasteiger partial charge in [0.15, 0.2) is 0 Å². The molecule has 0 aliphatic rings. The summed E-state index contributed by atoms with van der Waals surface area (Å²) in [5.74, 6) is 0.465. The molecule has 4 nitrogen and oxygen atoms in total. The lowest BCUT2D eigenvalue weighted by Gasteiger charge is -2.05. The molecule has 0 heterocycles. The molecule has 0 aliphatic heterocycles. The fourth-order valence-corrected chi connectivity index (χ4v) is 2.60. The molecule has 0 bridgehead atoms. The van der Waals surface area contributed by atoms with Crippen molar-refractivity contribution in [2.24, 2.45) is 5.10 Å². The second kappa shape index (κ2) is 6.54. The Hall–Kier alpha value is -2.14. The maximum absolute atomic E-state index is 11.9. The van der Waals surface area contributed by atoms with E-state index in [2.05, 4.69) is 23.8 Å². The average Bonchev–Trinajstić information content (AvgIpc) is 2.48. The smallest absolute Gasteiger partial charge is 0.200 e. The van der Waals surface area contributed by atoms with Gasteiger partial charge in [-0.05, 0) is 29.2 Å². The summed E-state index contributed by atoms with van der Waals surface area (Å²) in [7, 11) is -3.60. The molecular formula is C16H18N2O2S. The number of benzene rings is 2. The van der Waals surface area contributed by atoms with Gasteiger partial charge in [-0.2, -0.15) is 13.5 Å². The minimum atomic E-state index is -3.60. The van der Waals surface area contributed by atoms with Crippen LogP contribution in [0.3, 0.4) is 0 Å². The third kappa shape index (κ3) is 4.16. The summed E-state index contributed by atoms with van der Waals surface area (Å²) in [5.41, 5.74) is 2.08. The summed E-state index contributed by atoms with van der Waals surface area (Å²) in [6.45, 7) is 4.24. The van der Waals surface area contributed by atoms with E-state index in [1.807, 2.05) is 24.3 Å². The van der Waals surface area contributed by atoms with Crippen molar-refractivity contribution >= 4 is 16.2 Å². The van der Waals surface area contributed by atoms with Crippen molar-refractivity contribution in [3.8, 4) is 0 Å². The normalized spacial score (nSPS) is 12.0. The van der Waals surface area contributed by atoms with Crippen LogP contribution >= 0.6 is 0 Å². The number of hydrazone groups is 1. The zero-order valence-electron chi connectivity index (χ0n) is 12.0. The van der Waals surface area contributed by atoms with Crippen LogP contribution in [0.15, 0.2) is 64.6 Å². The third-order valence-electron chi connectivity index (χ3n) is 3.04. The van der Waals surface area contributed by atoms with Gasteiger partial charge >= 0.3 is 0 Å². The van der Waals surface area contributed by atoms with Crippen molar-refractivity contribution in [1.82, 2.24) is 4.83 Å². The predicted molar refractivity (Wildman–Crippen MR) is 84.9 cm³/mol. The Bertz CT molecular complexity index is 706. The molecule has 0 fully saturated rings. The summed E-state index contributed by atoms with van der Waals surface area (Å²) in [6.07, 6.45) is 1.49. The summed E-state index contributed by atoms with van der Waals surface area (Å²) >= 11 is 0. The molecule has 0 saturated heterocycles. The molecule has 5 heteroatoms. The molecule has 2 aromatic carbocycles. The highest BCUT2D eigenvalue weighted by Gasteiger charge is 2.10. The van der Waals surface area contributed by atoms with Crippen LogP contribution in [0.25, 0.3) is 0 Å². The SMILES string of the molecule is CC(C)c1ccc(/C=N\NS(=O)(=O)c2ccccc2)cc1. The van der Waals surface area contributed by atoms with Gasteiger partial charge in [-0.1, -0.05) is 56.3 Å². The zero-order chi connectivity index (χ0) is 15.3. The molecule has 0 saturated carbocycles. The van der Waals surface area contributed by atoms with Gasteiger partial charge in [0.2, 0.25) is 0 Å². The predicted octanol–water partition coefficient (Wildman–Crippen LogP) is 3.12. The summed E-state index contributed by atoms with van der Waals surface area (Å²) < 4.78 is 23.9. The molecule has 0 atom stereocenters. The Labute approximate surface area is 125 Å². The Balaban J connectivity index is 2.05. The van der Waals surface area contributed by atoms with Gasteiger partial charge in [-0.3, -0.25) is 0 Å². The molecular weight excluding hydrogens is 284 g/mol. The fraction of sp³-hybridized carbons (Fsp3) is 0.188. The maximum Gasteiger partial charge on any atom is 0.276 e. The Morgan fingerprint density at radius 1 is 1.00 bits per heavy atom. The number of hydrogen-bond donors (Lipinski definition) is 1. The third-order valence-corrected chi connectivity index (χ3v) is 4.28. The van der Waals surface area contributed by atoms with E-state index in [9.17, 15) is 8.42 Å². The lowest BCUT2D eigenvalue weighted by molar-refractivity contribution is 0.584. The summed E-state index contributed by atoms with van der Waals surface area (Å²) in [5, 5.41) is 3.80. The number of rotatable bonds is 5. The molecule has 0 aliphatic carbocycles. The average molecular weight is 302 g/mol. The van der Waals surface area contributed by atoms with E-state index in [1.165, 1.54) is 23.9 Å². The molecule has 0 spiro atoms. The lowest BCUT2D eigenvalue weighted by Crippen LogP contribution is -2.18. The van der Waals surface area contributed by atoms with E-state index >= 15 is 0 Å². The van der Waals surface area contributed by atoms with Crippen LogP contribution in [-0.2, 0) is 10.0 Å². The molecule has 0 aromatic heterocycles. The van der Waals surface area contributed by atoms with Crippen LogP contribution in [0.4, 0.5) is 0 Å². The van der Waals surface area contributed by atoms with Crippen LogP contribution in [0.1, 0.15) is 30.9 Å². The van der Waals surface area contributed by atoms with Gasteiger partial charge in [0.25, 0.3) is 10.0 Å². The Morgan fingerprint density at radius 2 is 1.62 bits per heavy atom. The minimum Gasteiger partial charge on any atom is -0.200 e. The minimum absolute atomic E-state index is 0.192. The first kappa shape index (κ1) is 15.3. The molecule has 110 valence electrons. The Kier molecular flexibility index (Phi) is 4.75. The van der Waals surface area contributed by atoms with E-state index in [0.29, 0.717) is 5.92 Å². The highest BCUT2D eigenvalue weighted by atomic mass is 32.2. The van der Waals surface area contributed by atoms with Gasteiger partial charge < -0.3 is 0 Å². The van der Waals surface area contributed by atoms with Gasteiger partial charge in [0, 0.05) is 0 Å².